The van der Waals surface area contributed by atoms with Crippen molar-refractivity contribution < 1.29 is 24.5 Å². The Bertz CT molecular complexity index is 572. The fourth-order valence-electron chi connectivity index (χ4n) is 1.52. The van der Waals surface area contributed by atoms with Gasteiger partial charge in [0, 0.05) is 12.1 Å². The lowest BCUT2D eigenvalue weighted by atomic mass is 10.2. The highest BCUT2D eigenvalue weighted by Gasteiger charge is 2.18. The van der Waals surface area contributed by atoms with E-state index < -0.39 is 17.3 Å². The van der Waals surface area contributed by atoms with Gasteiger partial charge in [-0.3, -0.25) is 0 Å². The van der Waals surface area contributed by atoms with Crippen LogP contribution in [0.2, 0.25) is 0 Å². The maximum Gasteiger partial charge on any atom is 0.338 e. The van der Waals surface area contributed by atoms with E-state index in [0.29, 0.717) is 0 Å². The van der Waals surface area contributed by atoms with E-state index in [1.54, 1.807) is 0 Å². The smallest absolute Gasteiger partial charge is 0.338 e. The van der Waals surface area contributed by atoms with Crippen molar-refractivity contribution in [2.45, 2.75) is 0 Å². The van der Waals surface area contributed by atoms with Crippen LogP contribution in [0.4, 0.5) is 4.39 Å². The molecule has 0 saturated carbocycles. The fraction of sp³-hybridized carbons (Fsp3) is 0. The molecule has 0 aliphatic carbocycles. The summed E-state index contributed by atoms with van der Waals surface area (Å²) in [5.41, 5.74) is -0.764. The van der Waals surface area contributed by atoms with Gasteiger partial charge in [-0.2, -0.15) is 0 Å². The summed E-state index contributed by atoms with van der Waals surface area (Å²) in [6, 6.07) is 6.01. The molecule has 0 bridgehead atoms. The van der Waals surface area contributed by atoms with Gasteiger partial charge in [-0.1, -0.05) is 6.07 Å². The van der Waals surface area contributed by atoms with Crippen molar-refractivity contribution in [3.05, 3.63) is 41.7 Å². The Morgan fingerprint density at radius 2 is 1.71 bits per heavy atom. The summed E-state index contributed by atoms with van der Waals surface area (Å²) in [5, 5.41) is 27.6. The molecule has 1 aromatic heterocycles. The number of halogens is 1. The van der Waals surface area contributed by atoms with Crippen LogP contribution in [0.1, 0.15) is 10.4 Å². The number of aromatic carboxylic acids is 1. The Hall–Kier alpha value is -2.50. The average Bonchev–Trinajstić information content (AvgIpc) is 2.59. The lowest BCUT2D eigenvalue weighted by Gasteiger charge is -2.09. The number of carboxylic acid groups (broad SMARTS) is 1. The van der Waals surface area contributed by atoms with Crippen molar-refractivity contribution in [2.24, 2.45) is 0 Å². The second kappa shape index (κ2) is 3.82. The standard InChI is InChI=1S/C11H8FNO4/c12-10-6(11(16)17)2-1-3-7(10)13-8(14)4-5-9(13)15/h1-5,14-15H,(H,16,17). The number of rotatable bonds is 2. The van der Waals surface area contributed by atoms with E-state index in [1.807, 2.05) is 0 Å². The summed E-state index contributed by atoms with van der Waals surface area (Å²) < 4.78 is 14.6. The molecular weight excluding hydrogens is 229 g/mol. The second-order valence-corrected chi connectivity index (χ2v) is 3.33. The zero-order valence-electron chi connectivity index (χ0n) is 8.46. The maximum absolute atomic E-state index is 13.8. The third-order valence-electron chi connectivity index (χ3n) is 2.29. The van der Waals surface area contributed by atoms with Crippen molar-refractivity contribution in [1.29, 1.82) is 0 Å². The van der Waals surface area contributed by atoms with Crippen molar-refractivity contribution in [3.8, 4) is 17.4 Å². The van der Waals surface area contributed by atoms with Crippen molar-refractivity contribution in [1.82, 2.24) is 4.57 Å². The minimum atomic E-state index is -1.42. The normalized spacial score (nSPS) is 10.4. The van der Waals surface area contributed by atoms with Gasteiger partial charge in [-0.15, -0.1) is 0 Å². The summed E-state index contributed by atoms with van der Waals surface area (Å²) in [6.45, 7) is 0. The molecule has 2 rings (SSSR count). The molecule has 0 spiro atoms. The molecule has 5 nitrogen and oxygen atoms in total. The number of hydrogen-bond donors (Lipinski definition) is 3. The Balaban J connectivity index is 2.69. The summed E-state index contributed by atoms with van der Waals surface area (Å²) in [6.07, 6.45) is 0. The van der Waals surface area contributed by atoms with Crippen LogP contribution >= 0.6 is 0 Å². The Kier molecular flexibility index (Phi) is 2.47. The first-order chi connectivity index (χ1) is 8.02. The minimum absolute atomic E-state index is 0.232. The van der Waals surface area contributed by atoms with Crippen LogP contribution in [0.5, 0.6) is 11.8 Å². The van der Waals surface area contributed by atoms with Gasteiger partial charge in [0.25, 0.3) is 0 Å². The number of benzene rings is 1. The zero-order chi connectivity index (χ0) is 12.6. The number of aromatic hydroxyl groups is 2. The van der Waals surface area contributed by atoms with Crippen molar-refractivity contribution >= 4 is 5.97 Å². The molecule has 0 fully saturated rings. The Morgan fingerprint density at radius 3 is 2.24 bits per heavy atom. The molecule has 17 heavy (non-hydrogen) atoms. The van der Waals surface area contributed by atoms with Crippen LogP contribution in [-0.4, -0.2) is 25.9 Å². The third kappa shape index (κ3) is 1.69. The predicted molar refractivity (Wildman–Crippen MR) is 56.0 cm³/mol. The maximum atomic E-state index is 13.8. The van der Waals surface area contributed by atoms with Crippen LogP contribution < -0.4 is 0 Å². The second-order valence-electron chi connectivity index (χ2n) is 3.33. The van der Waals surface area contributed by atoms with Gasteiger partial charge in [0.15, 0.2) is 17.6 Å². The van der Waals surface area contributed by atoms with E-state index in [1.165, 1.54) is 24.3 Å². The van der Waals surface area contributed by atoms with Gasteiger partial charge in [0.05, 0.1) is 11.3 Å². The first-order valence-electron chi connectivity index (χ1n) is 4.64. The van der Waals surface area contributed by atoms with Crippen molar-refractivity contribution in [2.75, 3.05) is 0 Å². The van der Waals surface area contributed by atoms with Crippen LogP contribution in [0, 0.1) is 5.82 Å². The van der Waals surface area contributed by atoms with Crippen LogP contribution in [0.15, 0.2) is 30.3 Å². The van der Waals surface area contributed by atoms with E-state index in [2.05, 4.69) is 0 Å². The molecule has 0 aliphatic rings. The summed E-state index contributed by atoms with van der Waals surface area (Å²) >= 11 is 0. The molecule has 0 atom stereocenters. The number of hydrogen-bond acceptors (Lipinski definition) is 3. The quantitative estimate of drug-likeness (QED) is 0.742. The average molecular weight is 237 g/mol. The lowest BCUT2D eigenvalue weighted by molar-refractivity contribution is 0.0691. The third-order valence-corrected chi connectivity index (χ3v) is 2.29. The molecule has 0 radical (unpaired) electrons. The molecule has 0 saturated heterocycles. The van der Waals surface area contributed by atoms with E-state index in [9.17, 15) is 19.4 Å². The molecule has 0 aliphatic heterocycles. The minimum Gasteiger partial charge on any atom is -0.494 e. The SMILES string of the molecule is O=C(O)c1cccc(-n2c(O)ccc2O)c1F. The number of aromatic nitrogens is 1. The highest BCUT2D eigenvalue weighted by Crippen LogP contribution is 2.29. The first-order valence-corrected chi connectivity index (χ1v) is 4.64. The van der Waals surface area contributed by atoms with E-state index in [-0.39, 0.29) is 17.4 Å². The number of nitrogens with zero attached hydrogens (tertiary/aromatic N) is 1. The number of carbonyl (C=O) groups is 1. The summed E-state index contributed by atoms with van der Waals surface area (Å²) in [4.78, 5) is 10.7. The molecule has 3 N–H and O–H groups in total. The van der Waals surface area contributed by atoms with Gasteiger partial charge < -0.3 is 15.3 Å². The molecule has 1 heterocycles. The van der Waals surface area contributed by atoms with Crippen LogP contribution in [-0.2, 0) is 0 Å². The summed E-state index contributed by atoms with van der Waals surface area (Å²) in [5.74, 6) is -3.22. The van der Waals surface area contributed by atoms with Crippen LogP contribution in [0.3, 0.4) is 0 Å². The highest BCUT2D eigenvalue weighted by molar-refractivity contribution is 5.88. The molecule has 1 aromatic carbocycles. The van der Waals surface area contributed by atoms with Crippen LogP contribution in [0.25, 0.3) is 5.69 Å². The monoisotopic (exact) mass is 237 g/mol. The molecule has 88 valence electrons. The van der Waals surface area contributed by atoms with E-state index >= 15 is 0 Å². The highest BCUT2D eigenvalue weighted by atomic mass is 19.1. The molecule has 0 amide bonds. The van der Waals surface area contributed by atoms with Gasteiger partial charge in [0.2, 0.25) is 0 Å². The van der Waals surface area contributed by atoms with Gasteiger partial charge in [-0.05, 0) is 12.1 Å². The van der Waals surface area contributed by atoms with Crippen molar-refractivity contribution in [3.63, 3.8) is 0 Å². The van der Waals surface area contributed by atoms with E-state index in [4.69, 9.17) is 5.11 Å². The fourth-order valence-corrected chi connectivity index (χ4v) is 1.52. The topological polar surface area (TPSA) is 82.7 Å². The van der Waals surface area contributed by atoms with E-state index in [0.717, 1.165) is 10.6 Å². The largest absolute Gasteiger partial charge is 0.494 e. The first kappa shape index (κ1) is 11.0. The predicted octanol–water partition coefficient (Wildman–Crippen LogP) is 1.73. The molecule has 0 unspecified atom stereocenters. The molecule has 2 aromatic rings. The molecule has 6 heteroatoms. The summed E-state index contributed by atoms with van der Waals surface area (Å²) in [7, 11) is 0. The van der Waals surface area contributed by atoms with Gasteiger partial charge >= 0.3 is 5.97 Å². The van der Waals surface area contributed by atoms with Gasteiger partial charge in [0.1, 0.15) is 0 Å². The molecular formula is C11H8FNO4. The van der Waals surface area contributed by atoms with Gasteiger partial charge in [-0.25, -0.2) is 13.8 Å². The Morgan fingerprint density at radius 1 is 1.12 bits per heavy atom. The Labute approximate surface area is 95.0 Å². The number of carboxylic acids is 1. The zero-order valence-corrected chi connectivity index (χ0v) is 8.46. The lowest BCUT2D eigenvalue weighted by Crippen LogP contribution is -2.05.